The van der Waals surface area contributed by atoms with Crippen molar-refractivity contribution in [2.24, 2.45) is 11.7 Å². The monoisotopic (exact) mass is 230 g/mol. The van der Waals surface area contributed by atoms with E-state index in [1.165, 1.54) is 12.8 Å². The molecule has 1 fully saturated rings. The number of nitrogens with zero attached hydrogens (tertiary/aromatic N) is 2. The highest BCUT2D eigenvalue weighted by atomic mass is 15.0. The highest BCUT2D eigenvalue weighted by Crippen LogP contribution is 2.28. The highest BCUT2D eigenvalue weighted by Gasteiger charge is 2.26. The number of nitrogens with one attached hydrogen (secondary N) is 1. The van der Waals surface area contributed by atoms with Crippen LogP contribution >= 0.6 is 0 Å². The summed E-state index contributed by atoms with van der Waals surface area (Å²) in [5.74, 6) is 1.21. The van der Waals surface area contributed by atoms with Crippen LogP contribution in [0.3, 0.4) is 0 Å². The summed E-state index contributed by atoms with van der Waals surface area (Å²) in [4.78, 5) is 4.40. The van der Waals surface area contributed by atoms with Gasteiger partial charge in [0.05, 0.1) is 5.56 Å². The van der Waals surface area contributed by atoms with Gasteiger partial charge in [0.25, 0.3) is 0 Å². The average molecular weight is 230 g/mol. The maximum Gasteiger partial charge on any atom is 0.144 e. The summed E-state index contributed by atoms with van der Waals surface area (Å²) in [7, 11) is 0. The Hall–Kier alpha value is -1.60. The van der Waals surface area contributed by atoms with Gasteiger partial charge in [0.1, 0.15) is 11.9 Å². The Kier molecular flexibility index (Phi) is 3.60. The Morgan fingerprint density at radius 2 is 2.35 bits per heavy atom. The number of nitriles is 1. The predicted molar refractivity (Wildman–Crippen MR) is 67.5 cm³/mol. The fraction of sp³-hybridized carbons (Fsp3) is 0.538. The number of rotatable bonds is 3. The van der Waals surface area contributed by atoms with Gasteiger partial charge in [-0.3, -0.25) is 0 Å². The molecule has 1 saturated carbocycles. The highest BCUT2D eigenvalue weighted by molar-refractivity contribution is 5.52. The van der Waals surface area contributed by atoms with E-state index in [0.717, 1.165) is 12.1 Å². The predicted octanol–water partition coefficient (Wildman–Crippen LogP) is 1.80. The third-order valence-corrected chi connectivity index (χ3v) is 3.44. The Labute approximate surface area is 102 Å². The van der Waals surface area contributed by atoms with Gasteiger partial charge in [0.2, 0.25) is 0 Å². The number of hydrogen-bond donors (Lipinski definition) is 2. The van der Waals surface area contributed by atoms with E-state index in [0.29, 0.717) is 29.9 Å². The molecule has 0 saturated heterocycles. The van der Waals surface area contributed by atoms with E-state index >= 15 is 0 Å². The Morgan fingerprint density at radius 3 is 3.06 bits per heavy atom. The largest absolute Gasteiger partial charge is 0.366 e. The van der Waals surface area contributed by atoms with E-state index in [1.54, 1.807) is 0 Å². The molecule has 0 radical (unpaired) electrons. The first kappa shape index (κ1) is 11.9. The molecule has 0 aliphatic heterocycles. The molecule has 0 aromatic carbocycles. The summed E-state index contributed by atoms with van der Waals surface area (Å²) in [5, 5.41) is 12.4. The lowest BCUT2D eigenvalue weighted by Crippen LogP contribution is -2.30. The number of pyridine rings is 1. The fourth-order valence-electron chi connectivity index (χ4n) is 2.44. The smallest absolute Gasteiger partial charge is 0.144 e. The topological polar surface area (TPSA) is 74.7 Å². The quantitative estimate of drug-likeness (QED) is 0.830. The second-order valence-corrected chi connectivity index (χ2v) is 4.64. The lowest BCUT2D eigenvalue weighted by atomic mass is 10.0. The first-order chi connectivity index (χ1) is 8.24. The van der Waals surface area contributed by atoms with Crippen molar-refractivity contribution in [1.29, 1.82) is 5.26 Å². The van der Waals surface area contributed by atoms with Gasteiger partial charge in [-0.15, -0.1) is 0 Å². The molecule has 2 rings (SSSR count). The first-order valence-electron chi connectivity index (χ1n) is 6.09. The molecule has 1 aliphatic rings. The van der Waals surface area contributed by atoms with Crippen LogP contribution in [0.5, 0.6) is 0 Å². The zero-order chi connectivity index (χ0) is 12.3. The van der Waals surface area contributed by atoms with Crippen LogP contribution in [0.25, 0.3) is 0 Å². The molecule has 2 unspecified atom stereocenters. The molecular formula is C13H18N4. The van der Waals surface area contributed by atoms with Crippen LogP contribution in [0.2, 0.25) is 0 Å². The van der Waals surface area contributed by atoms with E-state index < -0.39 is 0 Å². The number of aromatic nitrogens is 1. The minimum Gasteiger partial charge on any atom is -0.366 e. The molecular weight excluding hydrogens is 212 g/mol. The molecule has 2 atom stereocenters. The van der Waals surface area contributed by atoms with E-state index in [-0.39, 0.29) is 0 Å². The lowest BCUT2D eigenvalue weighted by molar-refractivity contribution is 0.515. The van der Waals surface area contributed by atoms with Crippen molar-refractivity contribution in [2.75, 3.05) is 11.9 Å². The van der Waals surface area contributed by atoms with Crippen LogP contribution in [-0.2, 0) is 0 Å². The minimum atomic E-state index is 0.362. The molecule has 1 heterocycles. The molecule has 1 aromatic rings. The summed E-state index contributed by atoms with van der Waals surface area (Å²) >= 11 is 0. The Morgan fingerprint density at radius 1 is 1.53 bits per heavy atom. The maximum atomic E-state index is 9.05. The van der Waals surface area contributed by atoms with Gasteiger partial charge in [-0.25, -0.2) is 4.98 Å². The first-order valence-corrected chi connectivity index (χ1v) is 6.09. The van der Waals surface area contributed by atoms with Crippen molar-refractivity contribution in [3.63, 3.8) is 0 Å². The second-order valence-electron chi connectivity index (χ2n) is 4.64. The summed E-state index contributed by atoms with van der Waals surface area (Å²) in [5.41, 5.74) is 7.29. The molecule has 1 aromatic heterocycles. The van der Waals surface area contributed by atoms with E-state index in [9.17, 15) is 0 Å². The molecule has 90 valence electrons. The third kappa shape index (κ3) is 2.56. The molecule has 4 heteroatoms. The van der Waals surface area contributed by atoms with Crippen molar-refractivity contribution in [2.45, 2.75) is 32.2 Å². The van der Waals surface area contributed by atoms with E-state index in [2.05, 4.69) is 16.4 Å². The van der Waals surface area contributed by atoms with E-state index in [4.69, 9.17) is 11.0 Å². The van der Waals surface area contributed by atoms with Crippen LogP contribution in [0.4, 0.5) is 5.82 Å². The molecule has 0 spiro atoms. The molecule has 0 bridgehead atoms. The van der Waals surface area contributed by atoms with E-state index in [1.807, 2.05) is 19.1 Å². The molecule has 0 amide bonds. The zero-order valence-electron chi connectivity index (χ0n) is 10.1. The van der Waals surface area contributed by atoms with Gasteiger partial charge in [0, 0.05) is 11.7 Å². The van der Waals surface area contributed by atoms with Crippen molar-refractivity contribution >= 4 is 5.82 Å². The second kappa shape index (κ2) is 5.15. The Balaban J connectivity index is 2.18. The van der Waals surface area contributed by atoms with Crippen LogP contribution in [0.1, 0.15) is 30.5 Å². The summed E-state index contributed by atoms with van der Waals surface area (Å²) in [6.07, 6.45) is 3.48. The standard InChI is InChI=1S/C13H18N4/c1-9-5-6-11(8-15)13(16-9)17-12-4-2-3-10(12)7-14/h5-6,10,12H,2-4,7,14H2,1H3,(H,16,17). The number of hydrogen-bond acceptors (Lipinski definition) is 4. The fourth-order valence-corrected chi connectivity index (χ4v) is 2.44. The van der Waals surface area contributed by atoms with Crippen molar-refractivity contribution in [1.82, 2.24) is 4.98 Å². The molecule has 3 N–H and O–H groups in total. The van der Waals surface area contributed by atoms with Crippen molar-refractivity contribution in [3.05, 3.63) is 23.4 Å². The van der Waals surface area contributed by atoms with Gasteiger partial charge < -0.3 is 11.1 Å². The zero-order valence-corrected chi connectivity index (χ0v) is 10.1. The van der Waals surface area contributed by atoms with Crippen molar-refractivity contribution < 1.29 is 0 Å². The van der Waals surface area contributed by atoms with Gasteiger partial charge in [-0.2, -0.15) is 5.26 Å². The average Bonchev–Trinajstić information content (AvgIpc) is 2.77. The summed E-state index contributed by atoms with van der Waals surface area (Å²) in [6, 6.07) is 6.21. The lowest BCUT2D eigenvalue weighted by Gasteiger charge is -2.20. The molecule has 1 aliphatic carbocycles. The van der Waals surface area contributed by atoms with Gasteiger partial charge >= 0.3 is 0 Å². The number of aryl methyl sites for hydroxylation is 1. The van der Waals surface area contributed by atoms with Crippen LogP contribution < -0.4 is 11.1 Å². The SMILES string of the molecule is Cc1ccc(C#N)c(NC2CCCC2CN)n1. The minimum absolute atomic E-state index is 0.362. The number of anilines is 1. The van der Waals surface area contributed by atoms with Crippen LogP contribution in [0.15, 0.2) is 12.1 Å². The number of nitrogens with two attached hydrogens (primary N) is 1. The molecule has 4 nitrogen and oxygen atoms in total. The van der Waals surface area contributed by atoms with Gasteiger partial charge in [-0.05, 0) is 44.4 Å². The van der Waals surface area contributed by atoms with Crippen LogP contribution in [-0.4, -0.2) is 17.6 Å². The van der Waals surface area contributed by atoms with Crippen molar-refractivity contribution in [3.8, 4) is 6.07 Å². The summed E-state index contributed by atoms with van der Waals surface area (Å²) in [6.45, 7) is 2.63. The maximum absolute atomic E-state index is 9.05. The molecule has 17 heavy (non-hydrogen) atoms. The summed E-state index contributed by atoms with van der Waals surface area (Å²) < 4.78 is 0. The van der Waals surface area contributed by atoms with Crippen LogP contribution in [0, 0.1) is 24.2 Å². The third-order valence-electron chi connectivity index (χ3n) is 3.44. The Bertz CT molecular complexity index is 436. The van der Waals surface area contributed by atoms with Gasteiger partial charge in [0.15, 0.2) is 0 Å². The normalized spacial score (nSPS) is 23.4. The van der Waals surface area contributed by atoms with Gasteiger partial charge in [-0.1, -0.05) is 6.42 Å².